The SMILES string of the molecule is CCNC(=O)Cc1cnn2c(=O)cc(-c3ccc(Cl)c(OC)c3)[nH]c12. The number of aromatic amines is 1. The lowest BCUT2D eigenvalue weighted by molar-refractivity contribution is -0.120. The van der Waals surface area contributed by atoms with Gasteiger partial charge in [-0.05, 0) is 19.1 Å². The molecule has 0 atom stereocenters. The van der Waals surface area contributed by atoms with E-state index in [2.05, 4.69) is 15.4 Å². The smallest absolute Gasteiger partial charge is 0.274 e. The Morgan fingerprint density at radius 2 is 2.20 bits per heavy atom. The molecule has 0 radical (unpaired) electrons. The van der Waals surface area contributed by atoms with Gasteiger partial charge in [0.25, 0.3) is 5.56 Å². The first kappa shape index (κ1) is 17.0. The van der Waals surface area contributed by atoms with E-state index in [1.54, 1.807) is 18.2 Å². The minimum absolute atomic E-state index is 0.128. The van der Waals surface area contributed by atoms with Gasteiger partial charge in [-0.15, -0.1) is 0 Å². The molecule has 0 fully saturated rings. The van der Waals surface area contributed by atoms with Gasteiger partial charge >= 0.3 is 0 Å². The predicted octanol–water partition coefficient (Wildman–Crippen LogP) is 2.03. The largest absolute Gasteiger partial charge is 0.495 e. The Morgan fingerprint density at radius 1 is 1.40 bits per heavy atom. The van der Waals surface area contributed by atoms with Gasteiger partial charge in [0.2, 0.25) is 5.91 Å². The maximum Gasteiger partial charge on any atom is 0.274 e. The molecular formula is C17H17ClN4O3. The lowest BCUT2D eigenvalue weighted by Gasteiger charge is -2.08. The zero-order valence-corrected chi connectivity index (χ0v) is 14.6. The van der Waals surface area contributed by atoms with Gasteiger partial charge < -0.3 is 15.0 Å². The van der Waals surface area contributed by atoms with Crippen molar-refractivity contribution < 1.29 is 9.53 Å². The van der Waals surface area contributed by atoms with Gasteiger partial charge in [0, 0.05) is 23.7 Å². The van der Waals surface area contributed by atoms with Gasteiger partial charge in [0.05, 0.1) is 30.4 Å². The fourth-order valence-electron chi connectivity index (χ4n) is 2.58. The molecule has 0 saturated carbocycles. The van der Waals surface area contributed by atoms with E-state index in [9.17, 15) is 9.59 Å². The summed E-state index contributed by atoms with van der Waals surface area (Å²) in [6.45, 7) is 2.40. The number of rotatable bonds is 5. The second-order valence-corrected chi connectivity index (χ2v) is 5.84. The molecule has 2 heterocycles. The number of nitrogens with one attached hydrogen (secondary N) is 2. The van der Waals surface area contributed by atoms with Crippen LogP contribution in [0.4, 0.5) is 0 Å². The van der Waals surface area contributed by atoms with Crippen LogP contribution >= 0.6 is 11.6 Å². The van der Waals surface area contributed by atoms with E-state index >= 15 is 0 Å². The standard InChI is InChI=1S/C17H17ClN4O3/c1-3-19-15(23)7-11-9-20-22-16(24)8-13(21-17(11)22)10-4-5-12(18)14(6-10)25-2/h4-6,8-9,21H,3,7H2,1-2H3,(H,19,23). The monoisotopic (exact) mass is 360 g/mol. The fourth-order valence-corrected chi connectivity index (χ4v) is 2.77. The van der Waals surface area contributed by atoms with Crippen LogP contribution in [0.3, 0.4) is 0 Å². The van der Waals surface area contributed by atoms with Crippen LogP contribution in [-0.4, -0.2) is 34.2 Å². The van der Waals surface area contributed by atoms with Crippen LogP contribution in [0.2, 0.25) is 5.02 Å². The van der Waals surface area contributed by atoms with Crippen molar-refractivity contribution in [1.82, 2.24) is 19.9 Å². The molecule has 3 aromatic rings. The highest BCUT2D eigenvalue weighted by molar-refractivity contribution is 6.32. The number of ether oxygens (including phenoxy) is 1. The number of aromatic nitrogens is 3. The van der Waals surface area contributed by atoms with E-state index in [-0.39, 0.29) is 17.9 Å². The van der Waals surface area contributed by atoms with E-state index in [4.69, 9.17) is 16.3 Å². The maximum absolute atomic E-state index is 12.3. The Balaban J connectivity index is 2.08. The third-order valence-corrected chi connectivity index (χ3v) is 4.07. The molecule has 0 aliphatic heterocycles. The molecule has 3 rings (SSSR count). The van der Waals surface area contributed by atoms with Gasteiger partial charge in [-0.3, -0.25) is 9.59 Å². The Kier molecular flexibility index (Phi) is 4.76. The van der Waals surface area contributed by atoms with Crippen molar-refractivity contribution in [2.45, 2.75) is 13.3 Å². The van der Waals surface area contributed by atoms with E-state index in [0.29, 0.717) is 34.2 Å². The molecule has 25 heavy (non-hydrogen) atoms. The van der Waals surface area contributed by atoms with Crippen LogP contribution in [0.5, 0.6) is 5.75 Å². The number of carbonyl (C=O) groups is 1. The van der Waals surface area contributed by atoms with E-state index in [1.807, 2.05) is 6.92 Å². The van der Waals surface area contributed by atoms with Crippen LogP contribution in [-0.2, 0) is 11.2 Å². The molecule has 0 aliphatic carbocycles. The lowest BCUT2D eigenvalue weighted by Crippen LogP contribution is -2.24. The molecule has 2 aromatic heterocycles. The van der Waals surface area contributed by atoms with E-state index in [1.165, 1.54) is 23.9 Å². The lowest BCUT2D eigenvalue weighted by atomic mass is 10.1. The number of hydrogen-bond acceptors (Lipinski definition) is 4. The third-order valence-electron chi connectivity index (χ3n) is 3.76. The molecule has 1 aromatic carbocycles. The van der Waals surface area contributed by atoms with Gasteiger partial charge in [-0.2, -0.15) is 9.61 Å². The molecule has 8 heteroatoms. The van der Waals surface area contributed by atoms with Gasteiger partial charge in [-0.1, -0.05) is 17.7 Å². The summed E-state index contributed by atoms with van der Waals surface area (Å²) in [6, 6.07) is 6.67. The highest BCUT2D eigenvalue weighted by Crippen LogP contribution is 2.29. The van der Waals surface area contributed by atoms with Crippen molar-refractivity contribution in [2.24, 2.45) is 0 Å². The summed E-state index contributed by atoms with van der Waals surface area (Å²) in [7, 11) is 1.53. The topological polar surface area (TPSA) is 88.5 Å². The number of hydrogen-bond donors (Lipinski definition) is 2. The zero-order valence-electron chi connectivity index (χ0n) is 13.8. The van der Waals surface area contributed by atoms with Crippen molar-refractivity contribution in [3.05, 3.63) is 51.4 Å². The summed E-state index contributed by atoms with van der Waals surface area (Å²) in [5, 5.41) is 7.28. The number of likely N-dealkylation sites (N-methyl/N-ethyl adjacent to an activating group) is 1. The Hall–Kier alpha value is -2.80. The molecule has 1 amide bonds. The second-order valence-electron chi connectivity index (χ2n) is 5.43. The summed E-state index contributed by atoms with van der Waals surface area (Å²) in [5.74, 6) is 0.382. The molecule has 0 bridgehead atoms. The number of amides is 1. The quantitative estimate of drug-likeness (QED) is 0.728. The summed E-state index contributed by atoms with van der Waals surface area (Å²) >= 11 is 6.05. The van der Waals surface area contributed by atoms with Crippen LogP contribution in [0, 0.1) is 0 Å². The first-order valence-corrected chi connectivity index (χ1v) is 8.11. The first-order chi connectivity index (χ1) is 12.0. The number of benzene rings is 1. The molecule has 0 saturated heterocycles. The average Bonchev–Trinajstić information content (AvgIpc) is 2.99. The number of methoxy groups -OCH3 is 1. The van der Waals surface area contributed by atoms with Gasteiger partial charge in [0.15, 0.2) is 0 Å². The molecule has 7 nitrogen and oxygen atoms in total. The van der Waals surface area contributed by atoms with Crippen molar-refractivity contribution in [2.75, 3.05) is 13.7 Å². The minimum Gasteiger partial charge on any atom is -0.495 e. The number of carbonyl (C=O) groups excluding carboxylic acids is 1. The predicted molar refractivity (Wildman–Crippen MR) is 95.2 cm³/mol. The molecule has 0 aliphatic rings. The number of halogens is 1. The van der Waals surface area contributed by atoms with Gasteiger partial charge in [-0.25, -0.2) is 0 Å². The van der Waals surface area contributed by atoms with Crippen molar-refractivity contribution in [3.63, 3.8) is 0 Å². The Bertz CT molecular complexity index is 993. The van der Waals surface area contributed by atoms with Crippen LogP contribution < -0.4 is 15.6 Å². The Labute approximate surface area is 148 Å². The number of H-pyrrole nitrogens is 1. The van der Waals surface area contributed by atoms with Crippen molar-refractivity contribution in [1.29, 1.82) is 0 Å². The normalized spacial score (nSPS) is 10.8. The zero-order chi connectivity index (χ0) is 18.0. The highest BCUT2D eigenvalue weighted by Gasteiger charge is 2.13. The highest BCUT2D eigenvalue weighted by atomic mass is 35.5. The molecular weight excluding hydrogens is 344 g/mol. The van der Waals surface area contributed by atoms with Crippen LogP contribution in [0.15, 0.2) is 35.3 Å². The summed E-state index contributed by atoms with van der Waals surface area (Å²) < 4.78 is 6.46. The van der Waals surface area contributed by atoms with Crippen LogP contribution in [0.1, 0.15) is 12.5 Å². The summed E-state index contributed by atoms with van der Waals surface area (Å²) in [5.41, 5.74) is 2.17. The van der Waals surface area contributed by atoms with E-state index < -0.39 is 0 Å². The van der Waals surface area contributed by atoms with E-state index in [0.717, 1.165) is 5.56 Å². The third kappa shape index (κ3) is 3.36. The molecule has 2 N–H and O–H groups in total. The molecule has 130 valence electrons. The number of fused-ring (bicyclic) bond motifs is 1. The first-order valence-electron chi connectivity index (χ1n) is 7.74. The maximum atomic E-state index is 12.3. The van der Waals surface area contributed by atoms with Crippen molar-refractivity contribution >= 4 is 23.2 Å². The molecule has 0 unspecified atom stereocenters. The minimum atomic E-state index is -0.292. The fraction of sp³-hybridized carbons (Fsp3) is 0.235. The summed E-state index contributed by atoms with van der Waals surface area (Å²) in [6.07, 6.45) is 1.66. The van der Waals surface area contributed by atoms with Gasteiger partial charge in [0.1, 0.15) is 11.4 Å². The summed E-state index contributed by atoms with van der Waals surface area (Å²) in [4.78, 5) is 27.4. The number of nitrogens with zero attached hydrogens (tertiary/aromatic N) is 2. The average molecular weight is 361 g/mol. The molecule has 0 spiro atoms. The second kappa shape index (κ2) is 6.98. The van der Waals surface area contributed by atoms with Crippen LogP contribution in [0.25, 0.3) is 16.9 Å². The Morgan fingerprint density at radius 3 is 2.92 bits per heavy atom. The van der Waals surface area contributed by atoms with Crippen molar-refractivity contribution in [3.8, 4) is 17.0 Å².